The molecule has 0 aliphatic heterocycles. The summed E-state index contributed by atoms with van der Waals surface area (Å²) in [4.78, 5) is 22.3. The molecule has 0 amide bonds. The van der Waals surface area contributed by atoms with Crippen LogP contribution in [0.3, 0.4) is 0 Å². The molecule has 0 spiro atoms. The van der Waals surface area contributed by atoms with Gasteiger partial charge in [-0.3, -0.25) is 10.1 Å². The Bertz CT molecular complexity index is 891. The molecule has 0 saturated heterocycles. The Balaban J connectivity index is 1.68. The summed E-state index contributed by atoms with van der Waals surface area (Å²) in [6, 6.07) is 21.2. The first-order chi connectivity index (χ1) is 12.1. The Kier molecular flexibility index (Phi) is 4.71. The third kappa shape index (κ3) is 4.20. The first-order valence-corrected chi connectivity index (χ1v) is 7.41. The summed E-state index contributed by atoms with van der Waals surface area (Å²) >= 11 is 0. The molecule has 3 aromatic carbocycles. The average Bonchev–Trinajstić information content (AvgIpc) is 2.64. The molecule has 6 heteroatoms. The Morgan fingerprint density at radius 1 is 0.800 bits per heavy atom. The molecule has 0 radical (unpaired) electrons. The molecule has 0 N–H and O–H groups in total. The lowest BCUT2D eigenvalue weighted by Crippen LogP contribution is -2.08. The molecule has 0 fully saturated rings. The molecule has 0 unspecified atom stereocenters. The number of esters is 1. The number of non-ortho nitro benzene ring substituents is 1. The normalized spacial score (nSPS) is 10.1. The van der Waals surface area contributed by atoms with Gasteiger partial charge in [0, 0.05) is 12.1 Å². The SMILES string of the molecule is O=C(Oc1ccc(Oc2ccccc2)cc1)c1cccc([N+](=O)[O-])c1. The van der Waals surface area contributed by atoms with E-state index in [-0.39, 0.29) is 11.3 Å². The summed E-state index contributed by atoms with van der Waals surface area (Å²) in [5, 5.41) is 10.8. The van der Waals surface area contributed by atoms with Gasteiger partial charge in [-0.2, -0.15) is 0 Å². The van der Waals surface area contributed by atoms with Gasteiger partial charge in [-0.15, -0.1) is 0 Å². The Morgan fingerprint density at radius 3 is 2.12 bits per heavy atom. The van der Waals surface area contributed by atoms with Crippen molar-refractivity contribution in [3.63, 3.8) is 0 Å². The van der Waals surface area contributed by atoms with Crippen LogP contribution in [0.2, 0.25) is 0 Å². The zero-order valence-electron chi connectivity index (χ0n) is 13.0. The molecule has 6 nitrogen and oxygen atoms in total. The van der Waals surface area contributed by atoms with Crippen LogP contribution in [0, 0.1) is 10.1 Å². The van der Waals surface area contributed by atoms with E-state index in [4.69, 9.17) is 9.47 Å². The zero-order chi connectivity index (χ0) is 17.6. The third-order valence-corrected chi connectivity index (χ3v) is 3.31. The molecule has 0 heterocycles. The van der Waals surface area contributed by atoms with Crippen molar-refractivity contribution >= 4 is 11.7 Å². The molecule has 0 bridgehead atoms. The second kappa shape index (κ2) is 7.27. The van der Waals surface area contributed by atoms with Crippen molar-refractivity contribution < 1.29 is 19.2 Å². The maximum atomic E-state index is 12.1. The highest BCUT2D eigenvalue weighted by Gasteiger charge is 2.13. The number of nitro benzene ring substituents is 1. The summed E-state index contributed by atoms with van der Waals surface area (Å²) in [6.07, 6.45) is 0. The largest absolute Gasteiger partial charge is 0.457 e. The fourth-order valence-electron chi connectivity index (χ4n) is 2.11. The maximum Gasteiger partial charge on any atom is 0.343 e. The fourth-order valence-corrected chi connectivity index (χ4v) is 2.11. The Morgan fingerprint density at radius 2 is 1.44 bits per heavy atom. The van der Waals surface area contributed by atoms with Crippen molar-refractivity contribution in [3.05, 3.63) is 94.5 Å². The van der Waals surface area contributed by atoms with Gasteiger partial charge in [0.2, 0.25) is 0 Å². The van der Waals surface area contributed by atoms with Gasteiger partial charge in [0.1, 0.15) is 17.2 Å². The highest BCUT2D eigenvalue weighted by Crippen LogP contribution is 2.24. The van der Waals surface area contributed by atoms with Gasteiger partial charge in [0.15, 0.2) is 0 Å². The van der Waals surface area contributed by atoms with Crippen LogP contribution in [0.1, 0.15) is 10.4 Å². The van der Waals surface area contributed by atoms with Gasteiger partial charge >= 0.3 is 5.97 Å². The monoisotopic (exact) mass is 335 g/mol. The molecule has 3 rings (SSSR count). The van der Waals surface area contributed by atoms with Crippen molar-refractivity contribution in [2.75, 3.05) is 0 Å². The maximum absolute atomic E-state index is 12.1. The molecule has 3 aromatic rings. The van der Waals surface area contributed by atoms with Gasteiger partial charge in [-0.1, -0.05) is 24.3 Å². The van der Waals surface area contributed by atoms with E-state index in [9.17, 15) is 14.9 Å². The zero-order valence-corrected chi connectivity index (χ0v) is 13.0. The minimum atomic E-state index is -0.666. The van der Waals surface area contributed by atoms with Crippen molar-refractivity contribution in [1.82, 2.24) is 0 Å². The van der Waals surface area contributed by atoms with Crippen LogP contribution in [0.5, 0.6) is 17.2 Å². The van der Waals surface area contributed by atoms with E-state index in [0.717, 1.165) is 0 Å². The number of nitro groups is 1. The van der Waals surface area contributed by atoms with Gasteiger partial charge in [-0.25, -0.2) is 4.79 Å². The first kappa shape index (κ1) is 16.2. The molecule has 0 aliphatic rings. The number of ether oxygens (including phenoxy) is 2. The number of benzene rings is 3. The quantitative estimate of drug-likeness (QED) is 0.294. The Hall–Kier alpha value is -3.67. The highest BCUT2D eigenvalue weighted by atomic mass is 16.6. The Labute approximate surface area is 143 Å². The average molecular weight is 335 g/mol. The lowest BCUT2D eigenvalue weighted by atomic mass is 10.2. The molecule has 0 aromatic heterocycles. The standard InChI is InChI=1S/C19H13NO5/c21-19(14-5-4-6-15(13-14)20(22)23)25-18-11-9-17(10-12-18)24-16-7-2-1-3-8-16/h1-13H. The minimum Gasteiger partial charge on any atom is -0.457 e. The van der Waals surface area contributed by atoms with Crippen LogP contribution < -0.4 is 9.47 Å². The van der Waals surface area contributed by atoms with E-state index in [0.29, 0.717) is 17.2 Å². The minimum absolute atomic E-state index is 0.110. The van der Waals surface area contributed by atoms with Crippen LogP contribution in [-0.4, -0.2) is 10.9 Å². The number of nitrogens with zero attached hydrogens (tertiary/aromatic N) is 1. The van der Waals surface area contributed by atoms with Crippen molar-refractivity contribution in [2.45, 2.75) is 0 Å². The second-order valence-corrected chi connectivity index (χ2v) is 5.08. The topological polar surface area (TPSA) is 78.7 Å². The number of para-hydroxylation sites is 1. The van der Waals surface area contributed by atoms with Gasteiger partial charge < -0.3 is 9.47 Å². The lowest BCUT2D eigenvalue weighted by molar-refractivity contribution is -0.384. The number of hydrogen-bond donors (Lipinski definition) is 0. The molecule has 0 atom stereocenters. The summed E-state index contributed by atoms with van der Waals surface area (Å²) in [5.41, 5.74) is -0.0557. The summed E-state index contributed by atoms with van der Waals surface area (Å²) in [5.74, 6) is 0.947. The van der Waals surface area contributed by atoms with Crippen molar-refractivity contribution in [3.8, 4) is 17.2 Å². The van der Waals surface area contributed by atoms with E-state index >= 15 is 0 Å². The van der Waals surface area contributed by atoms with E-state index < -0.39 is 10.9 Å². The number of hydrogen-bond acceptors (Lipinski definition) is 5. The summed E-state index contributed by atoms with van der Waals surface area (Å²) in [6.45, 7) is 0. The summed E-state index contributed by atoms with van der Waals surface area (Å²) < 4.78 is 10.9. The van der Waals surface area contributed by atoms with Crippen LogP contribution in [-0.2, 0) is 0 Å². The predicted molar refractivity (Wildman–Crippen MR) is 91.0 cm³/mol. The van der Waals surface area contributed by atoms with E-state index in [2.05, 4.69) is 0 Å². The highest BCUT2D eigenvalue weighted by molar-refractivity contribution is 5.91. The predicted octanol–water partition coefficient (Wildman–Crippen LogP) is 4.61. The number of carbonyl (C=O) groups excluding carboxylic acids is 1. The summed E-state index contributed by atoms with van der Waals surface area (Å²) in [7, 11) is 0. The fraction of sp³-hybridized carbons (Fsp3) is 0. The second-order valence-electron chi connectivity index (χ2n) is 5.08. The van der Waals surface area contributed by atoms with Gasteiger partial charge in [0.25, 0.3) is 5.69 Å². The smallest absolute Gasteiger partial charge is 0.343 e. The van der Waals surface area contributed by atoms with E-state index in [1.807, 2.05) is 30.3 Å². The third-order valence-electron chi connectivity index (χ3n) is 3.31. The van der Waals surface area contributed by atoms with Gasteiger partial charge in [-0.05, 0) is 42.5 Å². The van der Waals surface area contributed by atoms with Gasteiger partial charge in [0.05, 0.1) is 10.5 Å². The van der Waals surface area contributed by atoms with Crippen LogP contribution in [0.4, 0.5) is 5.69 Å². The first-order valence-electron chi connectivity index (χ1n) is 7.41. The molecule has 0 saturated carbocycles. The number of rotatable bonds is 5. The lowest BCUT2D eigenvalue weighted by Gasteiger charge is -2.07. The van der Waals surface area contributed by atoms with E-state index in [1.165, 1.54) is 24.3 Å². The molecule has 0 aliphatic carbocycles. The van der Waals surface area contributed by atoms with Crippen LogP contribution >= 0.6 is 0 Å². The van der Waals surface area contributed by atoms with Crippen molar-refractivity contribution in [2.24, 2.45) is 0 Å². The molecular weight excluding hydrogens is 322 g/mol. The van der Waals surface area contributed by atoms with Crippen LogP contribution in [0.15, 0.2) is 78.9 Å². The van der Waals surface area contributed by atoms with Crippen LogP contribution in [0.25, 0.3) is 0 Å². The number of carbonyl (C=O) groups is 1. The van der Waals surface area contributed by atoms with E-state index in [1.54, 1.807) is 24.3 Å². The molecular formula is C19H13NO5. The molecule has 124 valence electrons. The van der Waals surface area contributed by atoms with Crippen molar-refractivity contribution in [1.29, 1.82) is 0 Å². The molecule has 25 heavy (non-hydrogen) atoms.